The molecule has 5 rings (SSSR count). The van der Waals surface area contributed by atoms with Gasteiger partial charge in [-0.25, -0.2) is 4.98 Å². The molecular formula is C26H26N4. The number of aryl methyl sites for hydroxylation is 1. The molecule has 1 aliphatic rings. The van der Waals surface area contributed by atoms with E-state index in [0.29, 0.717) is 5.92 Å². The van der Waals surface area contributed by atoms with E-state index in [4.69, 9.17) is 4.98 Å². The summed E-state index contributed by atoms with van der Waals surface area (Å²) in [5.74, 6) is 1.65. The Balaban J connectivity index is 1.30. The van der Waals surface area contributed by atoms with Crippen LogP contribution in [0.4, 0.5) is 0 Å². The van der Waals surface area contributed by atoms with Gasteiger partial charge in [0.2, 0.25) is 0 Å². The number of likely N-dealkylation sites (tertiary alicyclic amines) is 1. The number of imidazole rings is 1. The molecule has 0 saturated carbocycles. The molecule has 4 heteroatoms. The Morgan fingerprint density at radius 3 is 2.37 bits per heavy atom. The van der Waals surface area contributed by atoms with Crippen molar-refractivity contribution >= 4 is 0 Å². The molecule has 1 atom stereocenters. The lowest BCUT2D eigenvalue weighted by Gasteiger charge is -2.16. The maximum absolute atomic E-state index is 5.00. The van der Waals surface area contributed by atoms with E-state index in [0.717, 1.165) is 48.6 Å². The Bertz CT molecular complexity index is 1100. The monoisotopic (exact) mass is 394 g/mol. The van der Waals surface area contributed by atoms with Crippen molar-refractivity contribution in [1.29, 1.82) is 0 Å². The van der Waals surface area contributed by atoms with Gasteiger partial charge in [-0.05, 0) is 30.7 Å². The number of hydrogen-bond donors (Lipinski definition) is 0. The van der Waals surface area contributed by atoms with Crippen LogP contribution in [-0.4, -0.2) is 32.5 Å². The second-order valence-corrected chi connectivity index (χ2v) is 8.10. The first-order chi connectivity index (χ1) is 14.8. The van der Waals surface area contributed by atoms with Crippen LogP contribution in [0.1, 0.15) is 23.7 Å². The number of benzene rings is 2. The molecule has 1 saturated heterocycles. The lowest BCUT2D eigenvalue weighted by molar-refractivity contribution is 0.325. The molecule has 2 aromatic carbocycles. The van der Waals surface area contributed by atoms with Gasteiger partial charge in [0.1, 0.15) is 5.82 Å². The smallest absolute Gasteiger partial charge is 0.113 e. The predicted molar refractivity (Wildman–Crippen MR) is 121 cm³/mol. The summed E-state index contributed by atoms with van der Waals surface area (Å²) in [6.45, 7) is 3.19. The van der Waals surface area contributed by atoms with E-state index in [-0.39, 0.29) is 0 Å². The van der Waals surface area contributed by atoms with Crippen molar-refractivity contribution in [2.75, 3.05) is 13.1 Å². The molecule has 0 aliphatic carbocycles. The summed E-state index contributed by atoms with van der Waals surface area (Å²) in [5.41, 5.74) is 5.57. The predicted octanol–water partition coefficient (Wildman–Crippen LogP) is 5.14. The van der Waals surface area contributed by atoms with Crippen molar-refractivity contribution in [2.24, 2.45) is 7.05 Å². The second kappa shape index (κ2) is 8.25. The zero-order chi connectivity index (χ0) is 20.3. The summed E-state index contributed by atoms with van der Waals surface area (Å²) < 4.78 is 2.19. The SMILES string of the molecule is Cn1cc(-c2ccc(-c3ccccc3)nc2)nc1[C@H]1CCN(Cc2ccccc2)C1. The largest absolute Gasteiger partial charge is 0.337 e. The van der Waals surface area contributed by atoms with Gasteiger partial charge in [-0.15, -0.1) is 0 Å². The van der Waals surface area contributed by atoms with Crippen molar-refractivity contribution in [3.8, 4) is 22.5 Å². The van der Waals surface area contributed by atoms with Gasteiger partial charge >= 0.3 is 0 Å². The minimum atomic E-state index is 0.476. The number of rotatable bonds is 5. The Kier molecular flexibility index (Phi) is 5.16. The van der Waals surface area contributed by atoms with E-state index in [1.807, 2.05) is 24.4 Å². The lowest BCUT2D eigenvalue weighted by Crippen LogP contribution is -2.20. The van der Waals surface area contributed by atoms with E-state index in [2.05, 4.69) is 82.3 Å². The molecule has 2 aromatic heterocycles. The first kappa shape index (κ1) is 18.8. The lowest BCUT2D eigenvalue weighted by atomic mass is 10.1. The molecule has 0 bridgehead atoms. The summed E-state index contributed by atoms with van der Waals surface area (Å²) in [6, 6.07) is 25.2. The highest BCUT2D eigenvalue weighted by molar-refractivity contribution is 5.64. The molecule has 0 radical (unpaired) electrons. The minimum Gasteiger partial charge on any atom is -0.337 e. The van der Waals surface area contributed by atoms with Crippen LogP contribution < -0.4 is 0 Å². The molecule has 150 valence electrons. The molecule has 0 spiro atoms. The minimum absolute atomic E-state index is 0.476. The van der Waals surface area contributed by atoms with Crippen LogP contribution in [0.2, 0.25) is 0 Å². The fourth-order valence-corrected chi connectivity index (χ4v) is 4.35. The van der Waals surface area contributed by atoms with Gasteiger partial charge in [-0.1, -0.05) is 60.7 Å². The van der Waals surface area contributed by atoms with Gasteiger partial charge in [-0.3, -0.25) is 9.88 Å². The Morgan fingerprint density at radius 1 is 0.867 bits per heavy atom. The van der Waals surface area contributed by atoms with Crippen molar-refractivity contribution in [1.82, 2.24) is 19.4 Å². The summed E-state index contributed by atoms with van der Waals surface area (Å²) in [6.07, 6.45) is 5.22. The summed E-state index contributed by atoms with van der Waals surface area (Å²) in [4.78, 5) is 12.2. The fraction of sp³-hybridized carbons (Fsp3) is 0.231. The van der Waals surface area contributed by atoms with Crippen molar-refractivity contribution in [3.05, 3.63) is 96.6 Å². The van der Waals surface area contributed by atoms with Gasteiger partial charge in [-0.2, -0.15) is 0 Å². The van der Waals surface area contributed by atoms with Crippen LogP contribution in [0.5, 0.6) is 0 Å². The fourth-order valence-electron chi connectivity index (χ4n) is 4.35. The van der Waals surface area contributed by atoms with Crippen LogP contribution in [0.3, 0.4) is 0 Å². The molecule has 30 heavy (non-hydrogen) atoms. The molecule has 1 aliphatic heterocycles. The molecular weight excluding hydrogens is 368 g/mol. The topological polar surface area (TPSA) is 34.0 Å². The summed E-state index contributed by atoms with van der Waals surface area (Å²) >= 11 is 0. The van der Waals surface area contributed by atoms with E-state index in [1.165, 1.54) is 11.4 Å². The zero-order valence-corrected chi connectivity index (χ0v) is 17.3. The Morgan fingerprint density at radius 2 is 1.63 bits per heavy atom. The third-order valence-electron chi connectivity index (χ3n) is 5.93. The first-order valence-electron chi connectivity index (χ1n) is 10.6. The van der Waals surface area contributed by atoms with Crippen LogP contribution in [0.15, 0.2) is 85.2 Å². The van der Waals surface area contributed by atoms with E-state index < -0.39 is 0 Å². The van der Waals surface area contributed by atoms with Gasteiger partial charge in [0, 0.05) is 49.6 Å². The number of aromatic nitrogens is 3. The van der Waals surface area contributed by atoms with Crippen molar-refractivity contribution in [3.63, 3.8) is 0 Å². The summed E-state index contributed by atoms with van der Waals surface area (Å²) in [5, 5.41) is 0. The molecule has 4 nitrogen and oxygen atoms in total. The molecule has 0 N–H and O–H groups in total. The standard InChI is InChI=1S/C26H26N4/c1-29-19-25(22-12-13-24(27-16-22)21-10-6-3-7-11-21)28-26(29)23-14-15-30(18-23)17-20-8-4-2-5-9-20/h2-13,16,19,23H,14-15,17-18H2,1H3/t23-/m0/s1. The quantitative estimate of drug-likeness (QED) is 0.470. The molecule has 1 fully saturated rings. The van der Waals surface area contributed by atoms with Crippen LogP contribution >= 0.6 is 0 Å². The second-order valence-electron chi connectivity index (χ2n) is 8.10. The van der Waals surface area contributed by atoms with E-state index in [1.54, 1.807) is 0 Å². The highest BCUT2D eigenvalue weighted by Gasteiger charge is 2.27. The molecule has 0 unspecified atom stereocenters. The van der Waals surface area contributed by atoms with Gasteiger partial charge in [0.25, 0.3) is 0 Å². The number of nitrogens with zero attached hydrogens (tertiary/aromatic N) is 4. The molecule has 3 heterocycles. The average Bonchev–Trinajstić information content (AvgIpc) is 3.41. The van der Waals surface area contributed by atoms with Gasteiger partial charge in [0.15, 0.2) is 0 Å². The van der Waals surface area contributed by atoms with E-state index in [9.17, 15) is 0 Å². The number of hydrogen-bond acceptors (Lipinski definition) is 3. The third-order valence-corrected chi connectivity index (χ3v) is 5.93. The first-order valence-corrected chi connectivity index (χ1v) is 10.6. The normalized spacial score (nSPS) is 16.8. The Hall–Kier alpha value is -3.24. The van der Waals surface area contributed by atoms with Crippen LogP contribution in [0, 0.1) is 0 Å². The molecule has 4 aromatic rings. The van der Waals surface area contributed by atoms with E-state index >= 15 is 0 Å². The number of pyridine rings is 1. The van der Waals surface area contributed by atoms with Crippen molar-refractivity contribution in [2.45, 2.75) is 18.9 Å². The summed E-state index contributed by atoms with van der Waals surface area (Å²) in [7, 11) is 2.11. The van der Waals surface area contributed by atoms with Crippen LogP contribution in [0.25, 0.3) is 22.5 Å². The third kappa shape index (κ3) is 3.91. The molecule has 0 amide bonds. The van der Waals surface area contributed by atoms with Gasteiger partial charge < -0.3 is 4.57 Å². The maximum atomic E-state index is 5.00. The maximum Gasteiger partial charge on any atom is 0.113 e. The van der Waals surface area contributed by atoms with Crippen molar-refractivity contribution < 1.29 is 0 Å². The average molecular weight is 395 g/mol. The van der Waals surface area contributed by atoms with Crippen LogP contribution in [-0.2, 0) is 13.6 Å². The van der Waals surface area contributed by atoms with Gasteiger partial charge in [0.05, 0.1) is 11.4 Å². The zero-order valence-electron chi connectivity index (χ0n) is 17.3. The Labute approximate surface area is 177 Å². The highest BCUT2D eigenvalue weighted by atomic mass is 15.2. The highest BCUT2D eigenvalue weighted by Crippen LogP contribution is 2.30.